The second kappa shape index (κ2) is 4.47. The van der Waals surface area contributed by atoms with Gasteiger partial charge >= 0.3 is 0 Å². The van der Waals surface area contributed by atoms with Crippen LogP contribution >= 0.6 is 11.8 Å². The van der Waals surface area contributed by atoms with Gasteiger partial charge < -0.3 is 5.11 Å². The van der Waals surface area contributed by atoms with Gasteiger partial charge in [-0.2, -0.15) is 11.8 Å². The molecule has 0 spiro atoms. The second-order valence-electron chi connectivity index (χ2n) is 1.56. The van der Waals surface area contributed by atoms with E-state index in [0.717, 1.165) is 6.42 Å². The minimum absolute atomic E-state index is 0.321. The summed E-state index contributed by atoms with van der Waals surface area (Å²) >= 11 is 1.79. The molecule has 0 amide bonds. The Kier molecular flexibility index (Phi) is 4.67. The number of thioether (sulfide) groups is 1. The van der Waals surface area contributed by atoms with Crippen molar-refractivity contribution in [2.75, 3.05) is 12.9 Å². The molecule has 7 heavy (non-hydrogen) atoms. The smallest absolute Gasteiger partial charge is 0.0441 e. The van der Waals surface area contributed by atoms with Crippen molar-refractivity contribution >= 4 is 11.8 Å². The lowest BCUT2D eigenvalue weighted by atomic mass is 10.4. The van der Waals surface area contributed by atoms with Crippen LogP contribution in [-0.2, 0) is 0 Å². The monoisotopic (exact) mass is 120 g/mol. The van der Waals surface area contributed by atoms with Gasteiger partial charge in [0.05, 0.1) is 0 Å². The lowest BCUT2D eigenvalue weighted by Gasteiger charge is -2.01. The van der Waals surface area contributed by atoms with Gasteiger partial charge in [0.1, 0.15) is 0 Å². The molecule has 0 aliphatic carbocycles. The molecule has 0 saturated heterocycles. The van der Waals surface area contributed by atoms with E-state index < -0.39 is 0 Å². The Morgan fingerprint density at radius 3 is 2.43 bits per heavy atom. The number of rotatable bonds is 3. The first-order valence-corrected chi connectivity index (χ1v) is 3.73. The first kappa shape index (κ1) is 7.31. The van der Waals surface area contributed by atoms with Crippen molar-refractivity contribution in [2.45, 2.75) is 18.6 Å². The molecule has 0 heterocycles. The van der Waals surface area contributed by atoms with E-state index in [1.165, 1.54) is 0 Å². The van der Waals surface area contributed by atoms with Crippen LogP contribution in [0.1, 0.15) is 13.3 Å². The number of aliphatic hydroxyl groups is 1. The minimum atomic E-state index is 0.321. The minimum Gasteiger partial charge on any atom is -0.396 e. The van der Waals surface area contributed by atoms with E-state index in [1.54, 1.807) is 11.8 Å². The van der Waals surface area contributed by atoms with Crippen LogP contribution in [0.4, 0.5) is 0 Å². The summed E-state index contributed by atoms with van der Waals surface area (Å²) in [5, 5.41) is 8.97. The molecule has 0 fully saturated rings. The van der Waals surface area contributed by atoms with Crippen molar-refractivity contribution in [3.05, 3.63) is 0 Å². The highest BCUT2D eigenvalue weighted by Gasteiger charge is 1.93. The number of hydrogen-bond acceptors (Lipinski definition) is 2. The average Bonchev–Trinajstić information content (AvgIpc) is 1.68. The Hall–Kier alpha value is 0.310. The molecule has 2 heteroatoms. The van der Waals surface area contributed by atoms with Crippen LogP contribution in [0.3, 0.4) is 0 Å². The summed E-state index contributed by atoms with van der Waals surface area (Å²) < 4.78 is 0. The molecule has 1 N–H and O–H groups in total. The quantitative estimate of drug-likeness (QED) is 0.602. The van der Waals surface area contributed by atoms with Crippen molar-refractivity contribution in [1.29, 1.82) is 0 Å². The Morgan fingerprint density at radius 2 is 2.29 bits per heavy atom. The highest BCUT2D eigenvalue weighted by molar-refractivity contribution is 7.99. The molecular weight excluding hydrogens is 108 g/mol. The lowest BCUT2D eigenvalue weighted by Crippen LogP contribution is -1.97. The molecule has 0 radical (unpaired) electrons. The van der Waals surface area contributed by atoms with E-state index in [4.69, 9.17) is 5.11 Å². The molecule has 0 aromatic rings. The highest BCUT2D eigenvalue weighted by Crippen LogP contribution is 2.07. The van der Waals surface area contributed by atoms with Gasteiger partial charge in [-0.25, -0.2) is 0 Å². The molecule has 0 aliphatic rings. The van der Waals surface area contributed by atoms with E-state index in [9.17, 15) is 0 Å². The maximum atomic E-state index is 8.35. The SMILES string of the molecule is CSC(C)CCO. The summed E-state index contributed by atoms with van der Waals surface area (Å²) in [5.41, 5.74) is 0. The predicted octanol–water partition coefficient (Wildman–Crippen LogP) is 1.12. The van der Waals surface area contributed by atoms with Crippen molar-refractivity contribution < 1.29 is 5.11 Å². The molecule has 0 rings (SSSR count). The largest absolute Gasteiger partial charge is 0.396 e. The van der Waals surface area contributed by atoms with E-state index in [-0.39, 0.29) is 0 Å². The highest BCUT2D eigenvalue weighted by atomic mass is 32.2. The topological polar surface area (TPSA) is 20.2 Å². The van der Waals surface area contributed by atoms with Crippen LogP contribution in [0.2, 0.25) is 0 Å². The zero-order valence-electron chi connectivity index (χ0n) is 4.85. The zero-order chi connectivity index (χ0) is 5.70. The summed E-state index contributed by atoms with van der Waals surface area (Å²) in [6.45, 7) is 2.43. The van der Waals surface area contributed by atoms with Gasteiger partial charge in [-0.15, -0.1) is 0 Å². The summed E-state index contributed by atoms with van der Waals surface area (Å²) in [6.07, 6.45) is 2.97. The fourth-order valence-electron chi connectivity index (χ4n) is 0.300. The van der Waals surface area contributed by atoms with Crippen molar-refractivity contribution in [2.24, 2.45) is 0 Å². The van der Waals surface area contributed by atoms with Gasteiger partial charge in [0.2, 0.25) is 0 Å². The van der Waals surface area contributed by atoms with Crippen LogP contribution in [0, 0.1) is 0 Å². The Labute approximate surface area is 49.1 Å². The Morgan fingerprint density at radius 1 is 1.71 bits per heavy atom. The molecule has 1 unspecified atom stereocenters. The maximum absolute atomic E-state index is 8.35. The lowest BCUT2D eigenvalue weighted by molar-refractivity contribution is 0.289. The van der Waals surface area contributed by atoms with Crippen LogP contribution in [0.15, 0.2) is 0 Å². The molecule has 0 saturated carbocycles. The zero-order valence-corrected chi connectivity index (χ0v) is 5.66. The average molecular weight is 120 g/mol. The maximum Gasteiger partial charge on any atom is 0.0441 e. The van der Waals surface area contributed by atoms with Gasteiger partial charge in [-0.1, -0.05) is 6.92 Å². The molecule has 0 aliphatic heterocycles. The summed E-state index contributed by atoms with van der Waals surface area (Å²) in [5.74, 6) is 0. The second-order valence-corrected chi connectivity index (χ2v) is 2.83. The van der Waals surface area contributed by atoms with Gasteiger partial charge in [-0.05, 0) is 12.7 Å². The van der Waals surface area contributed by atoms with Gasteiger partial charge in [0.15, 0.2) is 0 Å². The Balaban J connectivity index is 2.83. The van der Waals surface area contributed by atoms with Gasteiger partial charge in [-0.3, -0.25) is 0 Å². The molecule has 1 atom stereocenters. The molecule has 44 valence electrons. The first-order valence-electron chi connectivity index (χ1n) is 2.45. The normalized spacial score (nSPS) is 14.1. The fourth-order valence-corrected chi connectivity index (χ4v) is 0.641. The van der Waals surface area contributed by atoms with E-state index in [0.29, 0.717) is 11.9 Å². The van der Waals surface area contributed by atoms with Gasteiger partial charge in [0.25, 0.3) is 0 Å². The number of hydrogen-bond donors (Lipinski definition) is 1. The molecular formula is C5H12OS. The van der Waals surface area contributed by atoms with Gasteiger partial charge in [0, 0.05) is 11.9 Å². The Bertz CT molecular complexity index is 39.1. The van der Waals surface area contributed by atoms with E-state index in [1.807, 2.05) is 0 Å². The molecule has 0 bridgehead atoms. The molecule has 0 aromatic heterocycles. The third-order valence-corrected chi connectivity index (χ3v) is 1.98. The number of aliphatic hydroxyl groups excluding tert-OH is 1. The van der Waals surface area contributed by atoms with E-state index in [2.05, 4.69) is 13.2 Å². The molecule has 1 nitrogen and oxygen atoms in total. The van der Waals surface area contributed by atoms with Crippen LogP contribution < -0.4 is 0 Å². The standard InChI is InChI=1S/C5H12OS/c1-5(7-2)3-4-6/h5-6H,3-4H2,1-2H3. The van der Waals surface area contributed by atoms with E-state index >= 15 is 0 Å². The predicted molar refractivity (Wildman–Crippen MR) is 34.7 cm³/mol. The van der Waals surface area contributed by atoms with Crippen molar-refractivity contribution in [3.8, 4) is 0 Å². The van der Waals surface area contributed by atoms with Crippen LogP contribution in [0.5, 0.6) is 0 Å². The van der Waals surface area contributed by atoms with Crippen molar-refractivity contribution in [1.82, 2.24) is 0 Å². The summed E-state index contributed by atoms with van der Waals surface area (Å²) in [4.78, 5) is 0. The first-order chi connectivity index (χ1) is 3.31. The van der Waals surface area contributed by atoms with Crippen LogP contribution in [0.25, 0.3) is 0 Å². The third-order valence-electron chi connectivity index (χ3n) is 0.938. The molecule has 0 aromatic carbocycles. The van der Waals surface area contributed by atoms with Crippen molar-refractivity contribution in [3.63, 3.8) is 0 Å². The summed E-state index contributed by atoms with van der Waals surface area (Å²) in [7, 11) is 0. The fraction of sp³-hybridized carbons (Fsp3) is 1.00. The summed E-state index contributed by atoms with van der Waals surface area (Å²) in [6, 6.07) is 0. The third kappa shape index (κ3) is 4.16. The van der Waals surface area contributed by atoms with Crippen LogP contribution in [-0.4, -0.2) is 23.2 Å².